The van der Waals surface area contributed by atoms with E-state index in [0.717, 1.165) is 15.8 Å². The lowest BCUT2D eigenvalue weighted by Gasteiger charge is -2.09. The molecular weight excluding hydrogens is 340 g/mol. The van der Waals surface area contributed by atoms with Gasteiger partial charge in [-0.15, -0.1) is 0 Å². The van der Waals surface area contributed by atoms with E-state index >= 15 is 0 Å². The van der Waals surface area contributed by atoms with E-state index in [1.54, 1.807) is 30.3 Å². The summed E-state index contributed by atoms with van der Waals surface area (Å²) in [5.41, 5.74) is 4.39. The van der Waals surface area contributed by atoms with E-state index in [1.807, 2.05) is 38.1 Å². The molecule has 0 radical (unpaired) electrons. The Morgan fingerprint density at radius 1 is 1.11 bits per heavy atom. The minimum Gasteiger partial charge on any atom is -0.324 e. The summed E-state index contributed by atoms with van der Waals surface area (Å²) in [6.45, 7) is 3.82. The van der Waals surface area contributed by atoms with Gasteiger partial charge in [-0.3, -0.25) is 9.59 Å². The number of carbonyl (C=O) groups excluding carboxylic acids is 1. The van der Waals surface area contributed by atoms with E-state index in [9.17, 15) is 9.59 Å². The van der Waals surface area contributed by atoms with Crippen LogP contribution in [-0.2, 0) is 11.3 Å². The normalized spacial score (nSPS) is 10.3. The van der Waals surface area contributed by atoms with Crippen LogP contribution in [0.15, 0.2) is 59.4 Å². The van der Waals surface area contributed by atoms with Crippen molar-refractivity contribution in [3.05, 3.63) is 81.6 Å². The predicted octanol–water partition coefficient (Wildman–Crippen LogP) is 3.04. The SMILES string of the molecule is Cc1ccc(-c2ccc(=O)n(CC(=O)Nc3cccc(C#N)c3)n2)cc1C. The molecule has 3 rings (SSSR count). The number of aryl methyl sites for hydroxylation is 2. The van der Waals surface area contributed by atoms with Crippen molar-refractivity contribution in [1.82, 2.24) is 9.78 Å². The number of nitriles is 1. The topological polar surface area (TPSA) is 87.8 Å². The third-order valence-corrected chi connectivity index (χ3v) is 4.24. The van der Waals surface area contributed by atoms with Crippen molar-refractivity contribution in [2.75, 3.05) is 5.32 Å². The number of anilines is 1. The Hall–Kier alpha value is -3.72. The Morgan fingerprint density at radius 3 is 2.67 bits per heavy atom. The zero-order valence-electron chi connectivity index (χ0n) is 15.1. The third kappa shape index (κ3) is 4.28. The van der Waals surface area contributed by atoms with Crippen LogP contribution in [0.1, 0.15) is 16.7 Å². The van der Waals surface area contributed by atoms with Gasteiger partial charge in [0.25, 0.3) is 5.56 Å². The van der Waals surface area contributed by atoms with E-state index < -0.39 is 5.91 Å². The van der Waals surface area contributed by atoms with Crippen molar-refractivity contribution in [3.8, 4) is 17.3 Å². The maximum Gasteiger partial charge on any atom is 0.267 e. The number of carbonyl (C=O) groups is 1. The lowest BCUT2D eigenvalue weighted by molar-refractivity contribution is -0.117. The first-order chi connectivity index (χ1) is 13.0. The Kier molecular flexibility index (Phi) is 5.13. The molecule has 0 atom stereocenters. The molecule has 0 aliphatic carbocycles. The Balaban J connectivity index is 1.82. The van der Waals surface area contributed by atoms with E-state index in [4.69, 9.17) is 5.26 Å². The maximum absolute atomic E-state index is 12.3. The predicted molar refractivity (Wildman–Crippen MR) is 103 cm³/mol. The van der Waals surface area contributed by atoms with Gasteiger partial charge in [0.2, 0.25) is 5.91 Å². The van der Waals surface area contributed by atoms with Gasteiger partial charge in [-0.1, -0.05) is 18.2 Å². The van der Waals surface area contributed by atoms with Crippen LogP contribution in [0.4, 0.5) is 5.69 Å². The van der Waals surface area contributed by atoms with Crippen molar-refractivity contribution >= 4 is 11.6 Å². The highest BCUT2D eigenvalue weighted by Gasteiger charge is 2.09. The molecule has 0 aliphatic heterocycles. The summed E-state index contributed by atoms with van der Waals surface area (Å²) in [5, 5.41) is 15.9. The molecule has 0 unspecified atom stereocenters. The Morgan fingerprint density at radius 2 is 1.93 bits per heavy atom. The molecule has 0 spiro atoms. The van der Waals surface area contributed by atoms with Gasteiger partial charge in [0.1, 0.15) is 6.54 Å². The fraction of sp³-hybridized carbons (Fsp3) is 0.143. The van der Waals surface area contributed by atoms with Crippen LogP contribution < -0.4 is 10.9 Å². The summed E-state index contributed by atoms with van der Waals surface area (Å²) in [6, 6.07) is 17.6. The Bertz CT molecular complexity index is 1110. The molecule has 1 N–H and O–H groups in total. The van der Waals surface area contributed by atoms with Crippen LogP contribution in [0.2, 0.25) is 0 Å². The molecule has 134 valence electrons. The number of hydrogen-bond acceptors (Lipinski definition) is 4. The molecule has 6 heteroatoms. The van der Waals surface area contributed by atoms with Crippen LogP contribution >= 0.6 is 0 Å². The highest BCUT2D eigenvalue weighted by atomic mass is 16.2. The summed E-state index contributed by atoms with van der Waals surface area (Å²) in [5.74, 6) is -0.392. The Labute approximate surface area is 156 Å². The molecule has 6 nitrogen and oxygen atoms in total. The second-order valence-electron chi connectivity index (χ2n) is 6.25. The number of benzene rings is 2. The van der Waals surface area contributed by atoms with Crippen LogP contribution in [0, 0.1) is 25.2 Å². The highest BCUT2D eigenvalue weighted by Crippen LogP contribution is 2.19. The number of amides is 1. The summed E-state index contributed by atoms with van der Waals surface area (Å²) in [4.78, 5) is 24.4. The number of rotatable bonds is 4. The largest absolute Gasteiger partial charge is 0.324 e. The fourth-order valence-electron chi connectivity index (χ4n) is 2.62. The standard InChI is InChI=1S/C21H18N4O2/c1-14-6-7-17(10-15(14)2)19-8-9-21(27)25(24-19)13-20(26)23-18-5-3-4-16(11-18)12-22/h3-11H,13H2,1-2H3,(H,23,26). The number of aromatic nitrogens is 2. The van der Waals surface area contributed by atoms with E-state index in [0.29, 0.717) is 16.9 Å². The van der Waals surface area contributed by atoms with Crippen molar-refractivity contribution in [2.24, 2.45) is 0 Å². The fourth-order valence-corrected chi connectivity index (χ4v) is 2.62. The average Bonchev–Trinajstić information content (AvgIpc) is 2.66. The first-order valence-electron chi connectivity index (χ1n) is 8.42. The van der Waals surface area contributed by atoms with Gasteiger partial charge in [-0.25, -0.2) is 4.68 Å². The molecule has 2 aromatic carbocycles. The van der Waals surface area contributed by atoms with Gasteiger partial charge < -0.3 is 5.32 Å². The summed E-state index contributed by atoms with van der Waals surface area (Å²) in [7, 11) is 0. The second kappa shape index (κ2) is 7.67. The second-order valence-corrected chi connectivity index (χ2v) is 6.25. The molecule has 3 aromatic rings. The zero-order chi connectivity index (χ0) is 19.4. The molecule has 1 heterocycles. The van der Waals surface area contributed by atoms with Crippen LogP contribution in [-0.4, -0.2) is 15.7 Å². The van der Waals surface area contributed by atoms with Crippen LogP contribution in [0.5, 0.6) is 0 Å². The highest BCUT2D eigenvalue weighted by molar-refractivity contribution is 5.90. The van der Waals surface area contributed by atoms with Crippen LogP contribution in [0.3, 0.4) is 0 Å². The van der Waals surface area contributed by atoms with Gasteiger partial charge in [-0.05, 0) is 55.3 Å². The molecule has 0 saturated heterocycles. The maximum atomic E-state index is 12.3. The van der Waals surface area contributed by atoms with Crippen molar-refractivity contribution in [2.45, 2.75) is 20.4 Å². The molecule has 0 fully saturated rings. The van der Waals surface area contributed by atoms with Crippen LogP contribution in [0.25, 0.3) is 11.3 Å². The minimum absolute atomic E-state index is 0.214. The molecule has 27 heavy (non-hydrogen) atoms. The summed E-state index contributed by atoms with van der Waals surface area (Å²) >= 11 is 0. The molecular formula is C21H18N4O2. The van der Waals surface area contributed by atoms with Crippen molar-refractivity contribution in [1.29, 1.82) is 5.26 Å². The van der Waals surface area contributed by atoms with Gasteiger partial charge in [-0.2, -0.15) is 10.4 Å². The van der Waals surface area contributed by atoms with Crippen molar-refractivity contribution in [3.63, 3.8) is 0 Å². The minimum atomic E-state index is -0.392. The van der Waals surface area contributed by atoms with Gasteiger partial charge >= 0.3 is 0 Å². The number of nitrogens with zero attached hydrogens (tertiary/aromatic N) is 3. The molecule has 1 amide bonds. The molecule has 0 aliphatic rings. The van der Waals surface area contributed by atoms with Gasteiger partial charge in [0.05, 0.1) is 17.3 Å². The smallest absolute Gasteiger partial charge is 0.267 e. The monoisotopic (exact) mass is 358 g/mol. The summed E-state index contributed by atoms with van der Waals surface area (Å²) in [6.07, 6.45) is 0. The average molecular weight is 358 g/mol. The van der Waals surface area contributed by atoms with Crippen molar-refractivity contribution < 1.29 is 4.79 Å². The third-order valence-electron chi connectivity index (χ3n) is 4.24. The van der Waals surface area contributed by atoms with Gasteiger partial charge in [0, 0.05) is 17.3 Å². The molecule has 1 aromatic heterocycles. The van der Waals surface area contributed by atoms with E-state index in [-0.39, 0.29) is 12.1 Å². The lowest BCUT2D eigenvalue weighted by atomic mass is 10.0. The first kappa shape index (κ1) is 18.1. The summed E-state index contributed by atoms with van der Waals surface area (Å²) < 4.78 is 1.13. The number of nitrogens with one attached hydrogen (secondary N) is 1. The zero-order valence-corrected chi connectivity index (χ0v) is 15.1. The lowest BCUT2D eigenvalue weighted by Crippen LogP contribution is -2.29. The van der Waals surface area contributed by atoms with E-state index in [2.05, 4.69) is 10.4 Å². The first-order valence-corrected chi connectivity index (χ1v) is 8.42. The molecule has 0 bridgehead atoms. The van der Waals surface area contributed by atoms with Gasteiger partial charge in [0.15, 0.2) is 0 Å². The molecule has 0 saturated carbocycles. The van der Waals surface area contributed by atoms with E-state index in [1.165, 1.54) is 11.6 Å². The quantitative estimate of drug-likeness (QED) is 0.776. The number of hydrogen-bond donors (Lipinski definition) is 1.